The van der Waals surface area contributed by atoms with Crippen molar-refractivity contribution in [1.82, 2.24) is 4.98 Å². The average molecular weight is 289 g/mol. The summed E-state index contributed by atoms with van der Waals surface area (Å²) >= 11 is 0. The number of pyridine rings is 1. The smallest absolute Gasteiger partial charge is 0.400 e. The van der Waals surface area contributed by atoms with Crippen molar-refractivity contribution in [3.63, 3.8) is 0 Å². The van der Waals surface area contributed by atoms with Crippen LogP contribution in [0.1, 0.15) is 43.9 Å². The van der Waals surface area contributed by atoms with Gasteiger partial charge in [0.25, 0.3) is 0 Å². The molecule has 1 aromatic heterocycles. The summed E-state index contributed by atoms with van der Waals surface area (Å²) in [6, 6.07) is 5.12. The zero-order chi connectivity index (χ0) is 15.7. The molecule has 1 aliphatic rings. The lowest BCUT2D eigenvalue weighted by molar-refractivity contribution is 0.00578. The number of aromatic nitrogens is 1. The average Bonchev–Trinajstić information content (AvgIpc) is 2.65. The molecule has 5 nitrogen and oxygen atoms in total. The highest BCUT2D eigenvalue weighted by atomic mass is 16.7. The molecule has 0 bridgehead atoms. The number of hydrogen-bond acceptors (Lipinski definition) is 5. The third-order valence-corrected chi connectivity index (χ3v) is 3.98. The van der Waals surface area contributed by atoms with Crippen LogP contribution in [0.3, 0.4) is 0 Å². The molecule has 0 saturated carbocycles. The van der Waals surface area contributed by atoms with Gasteiger partial charge in [-0.25, -0.2) is 4.98 Å². The number of hydrogen-bond donors (Lipinski definition) is 1. The summed E-state index contributed by atoms with van der Waals surface area (Å²) in [5.74, 6) is 0. The van der Waals surface area contributed by atoms with Crippen molar-refractivity contribution in [1.29, 1.82) is 0 Å². The van der Waals surface area contributed by atoms with Crippen LogP contribution >= 0.6 is 0 Å². The maximum Gasteiger partial charge on any atom is 0.492 e. The second kappa shape index (κ2) is 5.71. The zero-order valence-corrected chi connectivity index (χ0v) is 12.8. The minimum Gasteiger partial charge on any atom is -0.400 e. The fourth-order valence-corrected chi connectivity index (χ4v) is 1.99. The Hall–Kier alpha value is -1.50. The quantitative estimate of drug-likeness (QED) is 0.677. The van der Waals surface area contributed by atoms with E-state index in [2.05, 4.69) is 4.98 Å². The molecule has 21 heavy (non-hydrogen) atoms. The molecule has 112 valence electrons. The molecule has 0 aliphatic carbocycles. The van der Waals surface area contributed by atoms with E-state index >= 15 is 0 Å². The molecule has 1 aliphatic heterocycles. The first-order valence-electron chi connectivity index (χ1n) is 6.88. The van der Waals surface area contributed by atoms with Crippen LogP contribution in [0.2, 0.25) is 0 Å². The molecule has 0 aromatic carbocycles. The second-order valence-electron chi connectivity index (χ2n) is 6.07. The van der Waals surface area contributed by atoms with Gasteiger partial charge in [0.1, 0.15) is 5.69 Å². The first kappa shape index (κ1) is 15.9. The number of carbonyl (C=O) groups excluding carboxylic acids is 1. The largest absolute Gasteiger partial charge is 0.492 e. The molecule has 1 fully saturated rings. The Morgan fingerprint density at radius 3 is 2.33 bits per heavy atom. The van der Waals surface area contributed by atoms with Crippen LogP contribution in [0, 0.1) is 0 Å². The Balaban J connectivity index is 2.28. The number of aliphatic hydroxyl groups excluding tert-OH is 1. The summed E-state index contributed by atoms with van der Waals surface area (Å²) in [6.45, 7) is 7.60. The third-order valence-electron chi connectivity index (χ3n) is 3.98. The van der Waals surface area contributed by atoms with E-state index in [1.165, 1.54) is 0 Å². The van der Waals surface area contributed by atoms with Gasteiger partial charge in [0.15, 0.2) is 6.29 Å². The summed E-state index contributed by atoms with van der Waals surface area (Å²) in [4.78, 5) is 14.9. The van der Waals surface area contributed by atoms with Gasteiger partial charge in [-0.05, 0) is 51.4 Å². The number of carbonyl (C=O) groups is 1. The van der Waals surface area contributed by atoms with E-state index < -0.39 is 18.3 Å². The van der Waals surface area contributed by atoms with E-state index in [-0.39, 0.29) is 6.61 Å². The van der Waals surface area contributed by atoms with Crippen molar-refractivity contribution in [2.45, 2.75) is 38.9 Å². The van der Waals surface area contributed by atoms with Crippen LogP contribution in [0.5, 0.6) is 0 Å². The predicted molar refractivity (Wildman–Crippen MR) is 80.8 cm³/mol. The number of aliphatic hydroxyl groups is 1. The summed E-state index contributed by atoms with van der Waals surface area (Å²) in [5, 5.41) is 9.59. The lowest BCUT2D eigenvalue weighted by Gasteiger charge is -2.32. The molecule has 0 atom stereocenters. The SMILES string of the molecule is CC1(C)OB(C(=Cc2cccc(C=O)n2)CO)OC1(C)C. The van der Waals surface area contributed by atoms with Crippen LogP contribution < -0.4 is 0 Å². The minimum atomic E-state index is -0.623. The van der Waals surface area contributed by atoms with Gasteiger partial charge in [-0.3, -0.25) is 4.79 Å². The van der Waals surface area contributed by atoms with Crippen molar-refractivity contribution in [3.8, 4) is 0 Å². The van der Waals surface area contributed by atoms with Crippen LogP contribution in [-0.4, -0.2) is 41.3 Å². The Kier molecular flexibility index (Phi) is 4.32. The van der Waals surface area contributed by atoms with E-state index in [0.29, 0.717) is 23.1 Å². The normalized spacial score (nSPS) is 20.6. The van der Waals surface area contributed by atoms with Gasteiger partial charge in [-0.15, -0.1) is 0 Å². The molecule has 2 heterocycles. The molecule has 1 N–H and O–H groups in total. The zero-order valence-electron chi connectivity index (χ0n) is 12.8. The Labute approximate surface area is 125 Å². The molecule has 2 rings (SSSR count). The van der Waals surface area contributed by atoms with Crippen molar-refractivity contribution in [3.05, 3.63) is 35.1 Å². The van der Waals surface area contributed by atoms with Crippen LogP contribution in [0.15, 0.2) is 23.7 Å². The van der Waals surface area contributed by atoms with E-state index in [1.807, 2.05) is 27.7 Å². The van der Waals surface area contributed by atoms with Gasteiger partial charge >= 0.3 is 7.12 Å². The van der Waals surface area contributed by atoms with Gasteiger partial charge < -0.3 is 14.4 Å². The van der Waals surface area contributed by atoms with Crippen molar-refractivity contribution in [2.75, 3.05) is 6.61 Å². The first-order valence-corrected chi connectivity index (χ1v) is 6.88. The maximum atomic E-state index is 10.8. The van der Waals surface area contributed by atoms with Gasteiger partial charge in [-0.1, -0.05) is 6.07 Å². The summed E-state index contributed by atoms with van der Waals surface area (Å²) in [7, 11) is -0.623. The number of nitrogens with zero attached hydrogens (tertiary/aromatic N) is 1. The van der Waals surface area contributed by atoms with Crippen LogP contribution in [0.4, 0.5) is 0 Å². The highest BCUT2D eigenvalue weighted by molar-refractivity contribution is 6.55. The minimum absolute atomic E-state index is 0.205. The fourth-order valence-electron chi connectivity index (χ4n) is 1.99. The highest BCUT2D eigenvalue weighted by Crippen LogP contribution is 2.38. The summed E-state index contributed by atoms with van der Waals surface area (Å²) < 4.78 is 11.8. The summed E-state index contributed by atoms with van der Waals surface area (Å²) in [6.07, 6.45) is 2.37. The Bertz CT molecular complexity index is 553. The van der Waals surface area contributed by atoms with Crippen molar-refractivity contribution < 1.29 is 19.2 Å². The third kappa shape index (κ3) is 3.23. The summed E-state index contributed by atoms with van der Waals surface area (Å²) in [5.41, 5.74) is 0.561. The van der Waals surface area contributed by atoms with Gasteiger partial charge in [-0.2, -0.15) is 0 Å². The van der Waals surface area contributed by atoms with Crippen LogP contribution in [-0.2, 0) is 9.31 Å². The monoisotopic (exact) mass is 289 g/mol. The molecule has 0 spiro atoms. The highest BCUT2D eigenvalue weighted by Gasteiger charge is 2.52. The van der Waals surface area contributed by atoms with Gasteiger partial charge in [0.05, 0.1) is 23.5 Å². The van der Waals surface area contributed by atoms with E-state index in [0.717, 1.165) is 0 Å². The molecule has 0 amide bonds. The molecule has 1 saturated heterocycles. The number of rotatable bonds is 4. The van der Waals surface area contributed by atoms with Gasteiger partial charge in [0.2, 0.25) is 0 Å². The second-order valence-corrected chi connectivity index (χ2v) is 6.07. The van der Waals surface area contributed by atoms with Crippen molar-refractivity contribution in [2.24, 2.45) is 0 Å². The lowest BCUT2D eigenvalue weighted by Crippen LogP contribution is -2.41. The van der Waals surface area contributed by atoms with E-state index in [4.69, 9.17) is 9.31 Å². The van der Waals surface area contributed by atoms with Crippen LogP contribution in [0.25, 0.3) is 6.08 Å². The first-order chi connectivity index (χ1) is 9.79. The molecular weight excluding hydrogens is 269 g/mol. The maximum absolute atomic E-state index is 10.8. The van der Waals surface area contributed by atoms with E-state index in [1.54, 1.807) is 24.3 Å². The lowest BCUT2D eigenvalue weighted by atomic mass is 9.78. The molecule has 0 unspecified atom stereocenters. The van der Waals surface area contributed by atoms with Gasteiger partial charge in [0, 0.05) is 0 Å². The fraction of sp³-hybridized carbons (Fsp3) is 0.467. The van der Waals surface area contributed by atoms with E-state index in [9.17, 15) is 9.90 Å². The molecule has 0 radical (unpaired) electrons. The predicted octanol–water partition coefficient (Wildman–Crippen LogP) is 1.90. The topological polar surface area (TPSA) is 68.7 Å². The number of aldehydes is 1. The molecule has 1 aromatic rings. The Morgan fingerprint density at radius 1 is 1.24 bits per heavy atom. The Morgan fingerprint density at radius 2 is 1.81 bits per heavy atom. The molecule has 6 heteroatoms. The van der Waals surface area contributed by atoms with Crippen molar-refractivity contribution >= 4 is 19.5 Å². The molecular formula is C15H20BNO4. The standard InChI is InChI=1S/C15H20BNO4/c1-14(2)15(3,4)21-16(20-14)11(9-18)8-12-6-5-7-13(10-19)17-12/h5-8,10,18H,9H2,1-4H3.